The average molecular weight is 332 g/mol. The molecule has 0 fully saturated rings. The van der Waals surface area contributed by atoms with Crippen molar-refractivity contribution in [2.75, 3.05) is 7.05 Å². The number of rotatable bonds is 6. The summed E-state index contributed by atoms with van der Waals surface area (Å²) in [4.78, 5) is 23.8. The van der Waals surface area contributed by atoms with Crippen molar-refractivity contribution in [2.45, 2.75) is 19.6 Å². The molecule has 0 aliphatic carbocycles. The number of nitro groups is 1. The first-order chi connectivity index (χ1) is 11.4. The Morgan fingerprint density at radius 1 is 1.29 bits per heavy atom. The molecule has 0 saturated carbocycles. The van der Waals surface area contributed by atoms with Crippen LogP contribution in [0.3, 0.4) is 0 Å². The molecule has 0 unspecified atom stereocenters. The highest BCUT2D eigenvalue weighted by atomic mass is 19.1. The fraction of sp³-hybridized carbons (Fsp3) is 0.235. The number of carbonyl (C=O) groups excluding carboxylic acids is 1. The van der Waals surface area contributed by atoms with E-state index in [2.05, 4.69) is 0 Å². The lowest BCUT2D eigenvalue weighted by molar-refractivity contribution is -0.384. The van der Waals surface area contributed by atoms with Gasteiger partial charge < -0.3 is 9.64 Å². The second kappa shape index (κ2) is 7.54. The molecular weight excluding hydrogens is 315 g/mol. The molecule has 0 aliphatic rings. The molecule has 0 saturated heterocycles. The van der Waals surface area contributed by atoms with Crippen LogP contribution in [0.1, 0.15) is 12.5 Å². The predicted octanol–water partition coefficient (Wildman–Crippen LogP) is 3.16. The molecule has 0 spiro atoms. The van der Waals surface area contributed by atoms with Gasteiger partial charge in [0.1, 0.15) is 11.6 Å². The van der Waals surface area contributed by atoms with Gasteiger partial charge in [-0.1, -0.05) is 12.1 Å². The fourth-order valence-electron chi connectivity index (χ4n) is 2.20. The first kappa shape index (κ1) is 17.4. The van der Waals surface area contributed by atoms with Crippen LogP contribution < -0.4 is 4.74 Å². The smallest absolute Gasteiger partial charge is 0.269 e. The van der Waals surface area contributed by atoms with E-state index in [1.54, 1.807) is 26.1 Å². The third-order valence-corrected chi connectivity index (χ3v) is 3.39. The van der Waals surface area contributed by atoms with Crippen LogP contribution in [0, 0.1) is 15.9 Å². The highest BCUT2D eigenvalue weighted by Gasteiger charge is 2.20. The lowest BCUT2D eigenvalue weighted by Gasteiger charge is -2.22. The highest BCUT2D eigenvalue weighted by molar-refractivity contribution is 5.80. The molecule has 1 amide bonds. The summed E-state index contributed by atoms with van der Waals surface area (Å²) in [5, 5.41) is 10.6. The summed E-state index contributed by atoms with van der Waals surface area (Å²) in [5.41, 5.74) is 0.623. The molecule has 2 rings (SSSR count). The Bertz CT molecular complexity index is 734. The maximum absolute atomic E-state index is 13.2. The monoisotopic (exact) mass is 332 g/mol. The molecule has 0 N–H and O–H groups in total. The van der Waals surface area contributed by atoms with E-state index in [0.717, 1.165) is 0 Å². The first-order valence-corrected chi connectivity index (χ1v) is 7.27. The number of ether oxygens (including phenoxy) is 1. The van der Waals surface area contributed by atoms with E-state index in [4.69, 9.17) is 4.74 Å². The van der Waals surface area contributed by atoms with Crippen LogP contribution in [0.5, 0.6) is 5.75 Å². The van der Waals surface area contributed by atoms with Crippen molar-refractivity contribution < 1.29 is 18.8 Å². The molecule has 24 heavy (non-hydrogen) atoms. The Morgan fingerprint density at radius 3 is 2.54 bits per heavy atom. The van der Waals surface area contributed by atoms with Gasteiger partial charge in [0.15, 0.2) is 6.10 Å². The standard InChI is InChI=1S/C17H17FN2O4/c1-12(24-16-8-6-15(7-9-16)20(22)23)17(21)19(2)11-13-4-3-5-14(18)10-13/h3-10,12H,11H2,1-2H3/t12-/m0/s1. The minimum absolute atomic E-state index is 0.0513. The third-order valence-electron chi connectivity index (χ3n) is 3.39. The van der Waals surface area contributed by atoms with E-state index >= 15 is 0 Å². The Kier molecular flexibility index (Phi) is 5.47. The lowest BCUT2D eigenvalue weighted by atomic mass is 10.2. The number of non-ortho nitro benzene ring substituents is 1. The highest BCUT2D eigenvalue weighted by Crippen LogP contribution is 2.19. The van der Waals surface area contributed by atoms with E-state index in [9.17, 15) is 19.3 Å². The van der Waals surface area contributed by atoms with Crippen molar-refractivity contribution in [3.63, 3.8) is 0 Å². The summed E-state index contributed by atoms with van der Waals surface area (Å²) in [6, 6.07) is 11.5. The van der Waals surface area contributed by atoms with Gasteiger partial charge in [-0.25, -0.2) is 4.39 Å². The summed E-state index contributed by atoms with van der Waals surface area (Å²) >= 11 is 0. The van der Waals surface area contributed by atoms with Gasteiger partial charge >= 0.3 is 0 Å². The average Bonchev–Trinajstić information content (AvgIpc) is 2.54. The minimum atomic E-state index is -0.773. The van der Waals surface area contributed by atoms with Crippen molar-refractivity contribution in [1.82, 2.24) is 4.90 Å². The maximum atomic E-state index is 13.2. The Balaban J connectivity index is 1.96. The number of halogens is 1. The normalized spacial score (nSPS) is 11.6. The van der Waals surface area contributed by atoms with Crippen LogP contribution in [-0.4, -0.2) is 28.9 Å². The van der Waals surface area contributed by atoms with Crippen molar-refractivity contribution >= 4 is 11.6 Å². The second-order valence-corrected chi connectivity index (χ2v) is 5.34. The first-order valence-electron chi connectivity index (χ1n) is 7.27. The molecule has 0 aromatic heterocycles. The molecule has 6 nitrogen and oxygen atoms in total. The predicted molar refractivity (Wildman–Crippen MR) is 86.1 cm³/mol. The van der Waals surface area contributed by atoms with E-state index in [-0.39, 0.29) is 24.0 Å². The number of nitro benzene ring substituents is 1. The van der Waals surface area contributed by atoms with E-state index in [0.29, 0.717) is 11.3 Å². The largest absolute Gasteiger partial charge is 0.481 e. The molecule has 0 aliphatic heterocycles. The summed E-state index contributed by atoms with van der Waals surface area (Å²) in [5.74, 6) is -0.276. The lowest BCUT2D eigenvalue weighted by Crippen LogP contribution is -2.37. The van der Waals surface area contributed by atoms with Crippen LogP contribution in [0.25, 0.3) is 0 Å². The van der Waals surface area contributed by atoms with Crippen molar-refractivity contribution in [1.29, 1.82) is 0 Å². The third kappa shape index (κ3) is 4.52. The molecule has 2 aromatic rings. The number of carbonyl (C=O) groups is 1. The van der Waals surface area contributed by atoms with E-state index in [1.807, 2.05) is 0 Å². The number of nitrogens with zero attached hydrogens (tertiary/aromatic N) is 2. The molecule has 1 atom stereocenters. The quantitative estimate of drug-likeness (QED) is 0.602. The molecule has 0 bridgehead atoms. The zero-order chi connectivity index (χ0) is 17.7. The van der Waals surface area contributed by atoms with Crippen LogP contribution >= 0.6 is 0 Å². The fourth-order valence-corrected chi connectivity index (χ4v) is 2.20. The molecule has 0 heterocycles. The summed E-state index contributed by atoms with van der Waals surface area (Å²) in [6.45, 7) is 1.84. The van der Waals surface area contributed by atoms with Gasteiger partial charge in [0, 0.05) is 25.7 Å². The van der Waals surface area contributed by atoms with Crippen molar-refractivity contribution in [3.05, 3.63) is 70.0 Å². The van der Waals surface area contributed by atoms with Gasteiger partial charge in [-0.3, -0.25) is 14.9 Å². The molecule has 126 valence electrons. The van der Waals surface area contributed by atoms with Gasteiger partial charge in [-0.05, 0) is 36.8 Å². The Labute approximate surface area is 138 Å². The maximum Gasteiger partial charge on any atom is 0.269 e. The van der Waals surface area contributed by atoms with Crippen LogP contribution in [0.2, 0.25) is 0 Å². The second-order valence-electron chi connectivity index (χ2n) is 5.34. The van der Waals surface area contributed by atoms with Gasteiger partial charge in [-0.2, -0.15) is 0 Å². The van der Waals surface area contributed by atoms with Crippen LogP contribution in [-0.2, 0) is 11.3 Å². The number of hydrogen-bond acceptors (Lipinski definition) is 4. The number of amides is 1. The Hall–Kier alpha value is -2.96. The number of likely N-dealkylation sites (N-methyl/N-ethyl adjacent to an activating group) is 1. The van der Waals surface area contributed by atoms with Gasteiger partial charge in [0.05, 0.1) is 4.92 Å². The molecule has 2 aromatic carbocycles. The summed E-state index contributed by atoms with van der Waals surface area (Å²) < 4.78 is 18.7. The Morgan fingerprint density at radius 2 is 1.96 bits per heavy atom. The molecular formula is C17H17FN2O4. The SMILES string of the molecule is C[C@H](Oc1ccc([N+](=O)[O-])cc1)C(=O)N(C)Cc1cccc(F)c1. The van der Waals surface area contributed by atoms with Crippen molar-refractivity contribution in [3.8, 4) is 5.75 Å². The topological polar surface area (TPSA) is 72.7 Å². The van der Waals surface area contributed by atoms with Gasteiger partial charge in [-0.15, -0.1) is 0 Å². The summed E-state index contributed by atoms with van der Waals surface area (Å²) in [7, 11) is 1.60. The van der Waals surface area contributed by atoms with Gasteiger partial charge in [0.25, 0.3) is 11.6 Å². The number of hydrogen-bond donors (Lipinski definition) is 0. The van der Waals surface area contributed by atoms with E-state index in [1.165, 1.54) is 41.3 Å². The molecule has 0 radical (unpaired) electrons. The molecule has 7 heteroatoms. The van der Waals surface area contributed by atoms with Crippen LogP contribution in [0.4, 0.5) is 10.1 Å². The minimum Gasteiger partial charge on any atom is -0.481 e. The van der Waals surface area contributed by atoms with E-state index < -0.39 is 11.0 Å². The van der Waals surface area contributed by atoms with Crippen molar-refractivity contribution in [2.24, 2.45) is 0 Å². The zero-order valence-electron chi connectivity index (χ0n) is 13.3. The van der Waals surface area contributed by atoms with Crippen LogP contribution in [0.15, 0.2) is 48.5 Å². The van der Waals surface area contributed by atoms with Gasteiger partial charge in [0.2, 0.25) is 0 Å². The number of benzene rings is 2. The zero-order valence-corrected chi connectivity index (χ0v) is 13.3. The summed E-state index contributed by atoms with van der Waals surface area (Å²) in [6.07, 6.45) is -0.773.